The Balaban J connectivity index is 2.41. The molecule has 5 nitrogen and oxygen atoms in total. The van der Waals surface area contributed by atoms with Crippen molar-refractivity contribution in [1.29, 1.82) is 0 Å². The van der Waals surface area contributed by atoms with E-state index in [2.05, 4.69) is 15.9 Å². The zero-order valence-corrected chi connectivity index (χ0v) is 15.2. The van der Waals surface area contributed by atoms with E-state index >= 15 is 0 Å². The van der Waals surface area contributed by atoms with Crippen molar-refractivity contribution in [2.45, 2.75) is 51.2 Å². The van der Waals surface area contributed by atoms with Gasteiger partial charge in [0, 0.05) is 17.4 Å². The van der Waals surface area contributed by atoms with Crippen LogP contribution >= 0.6 is 15.9 Å². The van der Waals surface area contributed by atoms with E-state index in [-0.39, 0.29) is 0 Å². The maximum atomic E-state index is 12.9. The normalized spacial score (nSPS) is 21.3. The summed E-state index contributed by atoms with van der Waals surface area (Å²) in [6.07, 6.45) is 0.335. The van der Waals surface area contributed by atoms with Crippen molar-refractivity contribution in [1.82, 2.24) is 4.90 Å². The van der Waals surface area contributed by atoms with Crippen LogP contribution in [0.15, 0.2) is 28.7 Å². The van der Waals surface area contributed by atoms with Crippen molar-refractivity contribution in [3.63, 3.8) is 0 Å². The summed E-state index contributed by atoms with van der Waals surface area (Å²) in [4.78, 5) is 25.8. The van der Waals surface area contributed by atoms with Gasteiger partial charge in [0.15, 0.2) is 0 Å². The Morgan fingerprint density at radius 3 is 2.57 bits per heavy atom. The highest BCUT2D eigenvalue weighted by atomic mass is 79.9. The smallest absolute Gasteiger partial charge is 0.408 e. The van der Waals surface area contributed by atoms with Crippen LogP contribution in [0.1, 0.15) is 39.2 Å². The Morgan fingerprint density at radius 2 is 2.00 bits per heavy atom. The first-order chi connectivity index (χ1) is 10.7. The lowest BCUT2D eigenvalue weighted by Gasteiger charge is -2.37. The van der Waals surface area contributed by atoms with Gasteiger partial charge < -0.3 is 9.84 Å². The highest BCUT2D eigenvalue weighted by Gasteiger charge is 2.52. The third-order valence-corrected chi connectivity index (χ3v) is 4.71. The number of carbonyl (C=O) groups excluding carboxylic acids is 1. The molecule has 1 aliphatic rings. The Morgan fingerprint density at radius 1 is 1.35 bits per heavy atom. The molecule has 6 heteroatoms. The second-order valence-electron chi connectivity index (χ2n) is 6.84. The van der Waals surface area contributed by atoms with E-state index < -0.39 is 23.2 Å². The number of nitrogens with zero attached hydrogens (tertiary/aromatic N) is 1. The van der Waals surface area contributed by atoms with E-state index in [4.69, 9.17) is 4.74 Å². The maximum Gasteiger partial charge on any atom is 0.408 e. The second kappa shape index (κ2) is 6.51. The summed E-state index contributed by atoms with van der Waals surface area (Å²) >= 11 is 3.48. The van der Waals surface area contributed by atoms with Crippen LogP contribution in [0.2, 0.25) is 0 Å². The van der Waals surface area contributed by atoms with E-state index in [9.17, 15) is 14.7 Å². The van der Waals surface area contributed by atoms with Crippen molar-refractivity contribution >= 4 is 28.0 Å². The molecular formula is C17H22BrNO4. The van der Waals surface area contributed by atoms with Gasteiger partial charge in [0.1, 0.15) is 11.1 Å². The molecule has 1 amide bonds. The first-order valence-electron chi connectivity index (χ1n) is 7.63. The number of hydrogen-bond acceptors (Lipinski definition) is 3. The summed E-state index contributed by atoms with van der Waals surface area (Å²) in [5.41, 5.74) is -0.931. The van der Waals surface area contributed by atoms with Gasteiger partial charge in [-0.2, -0.15) is 0 Å². The number of carboxylic acid groups (broad SMARTS) is 1. The minimum absolute atomic E-state index is 0.301. The third-order valence-electron chi connectivity index (χ3n) is 3.94. The molecule has 0 spiro atoms. The van der Waals surface area contributed by atoms with Crippen LogP contribution in [0.5, 0.6) is 0 Å². The molecule has 1 aromatic carbocycles. The Bertz CT molecular complexity index is 611. The quantitative estimate of drug-likeness (QED) is 0.804. The number of halogens is 1. The van der Waals surface area contributed by atoms with Crippen molar-refractivity contribution < 1.29 is 19.4 Å². The number of amides is 1. The molecule has 1 heterocycles. The number of likely N-dealkylation sites (tertiary alicyclic amines) is 1. The van der Waals surface area contributed by atoms with Gasteiger partial charge in [-0.3, -0.25) is 4.90 Å². The molecule has 0 radical (unpaired) electrons. The summed E-state index contributed by atoms with van der Waals surface area (Å²) in [6, 6.07) is 7.55. The number of rotatable bonds is 3. The van der Waals surface area contributed by atoms with Crippen molar-refractivity contribution in [3.05, 3.63) is 34.3 Å². The second-order valence-corrected chi connectivity index (χ2v) is 7.69. The van der Waals surface area contributed by atoms with Crippen LogP contribution in [0.3, 0.4) is 0 Å². The van der Waals surface area contributed by atoms with E-state index in [0.29, 0.717) is 25.8 Å². The highest BCUT2D eigenvalue weighted by Crippen LogP contribution is 2.36. The molecular weight excluding hydrogens is 362 g/mol. The van der Waals surface area contributed by atoms with Crippen LogP contribution in [-0.2, 0) is 16.0 Å². The molecule has 1 atom stereocenters. The van der Waals surface area contributed by atoms with E-state index in [1.165, 1.54) is 4.90 Å². The summed E-state index contributed by atoms with van der Waals surface area (Å²) < 4.78 is 6.42. The zero-order chi connectivity index (χ0) is 17.3. The van der Waals surface area contributed by atoms with E-state index in [0.717, 1.165) is 10.0 Å². The Hall–Kier alpha value is -1.56. The van der Waals surface area contributed by atoms with Gasteiger partial charge in [-0.1, -0.05) is 34.1 Å². The molecule has 0 aliphatic carbocycles. The molecule has 2 rings (SSSR count). The van der Waals surface area contributed by atoms with Crippen molar-refractivity contribution in [2.24, 2.45) is 0 Å². The van der Waals surface area contributed by atoms with Gasteiger partial charge >= 0.3 is 12.1 Å². The number of esters is 1. The van der Waals surface area contributed by atoms with Gasteiger partial charge in [0.25, 0.3) is 0 Å². The van der Waals surface area contributed by atoms with Crippen molar-refractivity contribution in [2.75, 3.05) is 6.54 Å². The maximum absolute atomic E-state index is 12.9. The standard InChI is InChI=1S/C17H22BrNO4/c1-16(2,3)23-14(20)17(9-6-10-19(17)15(21)22)11-12-7-4-5-8-13(12)18/h4-5,7-8H,6,9-11H2,1-3H3,(H,21,22)/t17-/m1/s1. The molecule has 1 fully saturated rings. The molecule has 0 bridgehead atoms. The first-order valence-corrected chi connectivity index (χ1v) is 8.42. The van der Waals surface area contributed by atoms with Gasteiger partial charge in [0.05, 0.1) is 0 Å². The molecule has 23 heavy (non-hydrogen) atoms. The van der Waals surface area contributed by atoms with Crippen LogP contribution in [0.25, 0.3) is 0 Å². The minimum atomic E-state index is -1.16. The summed E-state index contributed by atoms with van der Waals surface area (Å²) in [7, 11) is 0. The fraction of sp³-hybridized carbons (Fsp3) is 0.529. The largest absolute Gasteiger partial charge is 0.465 e. The highest BCUT2D eigenvalue weighted by molar-refractivity contribution is 9.10. The fourth-order valence-corrected chi connectivity index (χ4v) is 3.38. The molecule has 1 N–H and O–H groups in total. The molecule has 1 aliphatic heterocycles. The molecule has 126 valence electrons. The van der Waals surface area contributed by atoms with Gasteiger partial charge in [-0.05, 0) is 45.2 Å². The minimum Gasteiger partial charge on any atom is -0.465 e. The molecule has 0 saturated carbocycles. The zero-order valence-electron chi connectivity index (χ0n) is 13.6. The number of benzene rings is 1. The Kier molecular flexibility index (Phi) is 5.04. The monoisotopic (exact) mass is 383 g/mol. The lowest BCUT2D eigenvalue weighted by Crippen LogP contribution is -2.56. The average molecular weight is 384 g/mol. The lowest BCUT2D eigenvalue weighted by molar-refractivity contribution is -0.167. The number of carbonyl (C=O) groups is 2. The van der Waals surface area contributed by atoms with Gasteiger partial charge in [-0.15, -0.1) is 0 Å². The predicted molar refractivity (Wildman–Crippen MR) is 90.4 cm³/mol. The predicted octanol–water partition coefficient (Wildman–Crippen LogP) is 3.85. The third kappa shape index (κ3) is 3.86. The van der Waals surface area contributed by atoms with Crippen LogP contribution in [0.4, 0.5) is 4.79 Å². The molecule has 0 unspecified atom stereocenters. The summed E-state index contributed by atoms with van der Waals surface area (Å²) in [5.74, 6) is -0.472. The fourth-order valence-electron chi connectivity index (χ4n) is 2.96. The lowest BCUT2D eigenvalue weighted by atomic mass is 9.88. The summed E-state index contributed by atoms with van der Waals surface area (Å²) in [5, 5.41) is 9.55. The molecule has 1 aromatic rings. The SMILES string of the molecule is CC(C)(C)OC(=O)[C@]1(Cc2ccccc2Br)CCCN1C(=O)O. The summed E-state index contributed by atoms with van der Waals surface area (Å²) in [6.45, 7) is 5.71. The van der Waals surface area contributed by atoms with E-state index in [1.54, 1.807) is 20.8 Å². The first kappa shape index (κ1) is 17.8. The van der Waals surface area contributed by atoms with Gasteiger partial charge in [-0.25, -0.2) is 9.59 Å². The Labute approximate surface area is 144 Å². The van der Waals surface area contributed by atoms with E-state index in [1.807, 2.05) is 24.3 Å². The number of ether oxygens (including phenoxy) is 1. The number of hydrogen-bond donors (Lipinski definition) is 1. The molecule has 1 saturated heterocycles. The van der Waals surface area contributed by atoms with Crippen molar-refractivity contribution in [3.8, 4) is 0 Å². The van der Waals surface area contributed by atoms with Gasteiger partial charge in [0.2, 0.25) is 0 Å². The molecule has 0 aromatic heterocycles. The van der Waals surface area contributed by atoms with Crippen LogP contribution in [0, 0.1) is 0 Å². The van der Waals surface area contributed by atoms with Crippen LogP contribution < -0.4 is 0 Å². The topological polar surface area (TPSA) is 66.8 Å². The van der Waals surface area contributed by atoms with Crippen LogP contribution in [-0.4, -0.2) is 39.8 Å². The average Bonchev–Trinajstić information content (AvgIpc) is 2.85.